The second-order valence-electron chi connectivity index (χ2n) is 7.65. The number of benzene rings is 2. The average molecular weight is 379 g/mol. The molecule has 3 rings (SSSR count). The van der Waals surface area contributed by atoms with E-state index in [2.05, 4.69) is 38.1 Å². The lowest BCUT2D eigenvalue weighted by Crippen LogP contribution is -2.06. The van der Waals surface area contributed by atoms with Gasteiger partial charge in [0.05, 0.1) is 0 Å². The summed E-state index contributed by atoms with van der Waals surface area (Å²) in [5, 5.41) is 0. The number of hydrogen-bond acceptors (Lipinski definition) is 0. The lowest BCUT2D eigenvalue weighted by Gasteiger charge is -2.20. The van der Waals surface area contributed by atoms with Gasteiger partial charge in [0.1, 0.15) is 0 Å². The van der Waals surface area contributed by atoms with Crippen molar-refractivity contribution in [2.24, 2.45) is 5.92 Å². The molecule has 1 aliphatic carbocycles. The quantitative estimate of drug-likeness (QED) is 0.443. The number of rotatable bonds is 6. The van der Waals surface area contributed by atoms with Crippen LogP contribution in [0.4, 0.5) is 8.78 Å². The van der Waals surface area contributed by atoms with Crippen LogP contribution in [0, 0.1) is 12.8 Å². The van der Waals surface area contributed by atoms with Crippen LogP contribution in [0.2, 0.25) is 0 Å². The molecule has 0 saturated carbocycles. The first-order valence-corrected chi connectivity index (χ1v) is 10.2. The zero-order valence-electron chi connectivity index (χ0n) is 16.7. The van der Waals surface area contributed by atoms with E-state index < -0.39 is 11.7 Å². The first-order valence-electron chi connectivity index (χ1n) is 10.2. The minimum atomic E-state index is -0.755. The molecule has 0 heterocycles. The predicted octanol–water partition coefficient (Wildman–Crippen LogP) is 8.30. The van der Waals surface area contributed by atoms with Crippen LogP contribution in [0.5, 0.6) is 0 Å². The van der Waals surface area contributed by atoms with Gasteiger partial charge in [0.15, 0.2) is 11.7 Å². The van der Waals surface area contributed by atoms with Gasteiger partial charge >= 0.3 is 0 Å². The standard InChI is InChI=1S/C26H28F2/c1-3-4-20-11-15-23(16-12-20)25(27)26(28)24-17-13-22(14-18-24)10-9-21-7-5-19(2)6-8-21/h5-10,13-15,17-18,20H,3-4,11-12,16H2,1-2H3/b10-9+,26-25?. The molecule has 0 aromatic heterocycles. The van der Waals surface area contributed by atoms with Crippen molar-refractivity contribution in [2.75, 3.05) is 0 Å². The highest BCUT2D eigenvalue weighted by molar-refractivity contribution is 5.71. The van der Waals surface area contributed by atoms with Crippen LogP contribution in [-0.4, -0.2) is 0 Å². The Bertz CT molecular complexity index is 868. The van der Waals surface area contributed by atoms with Crippen LogP contribution in [0.1, 0.15) is 61.3 Å². The molecule has 1 aliphatic rings. The molecule has 146 valence electrons. The Labute approximate surface area is 167 Å². The summed E-state index contributed by atoms with van der Waals surface area (Å²) in [4.78, 5) is 0. The molecule has 0 aliphatic heterocycles. The largest absolute Gasteiger partial charge is 0.203 e. The van der Waals surface area contributed by atoms with E-state index in [1.54, 1.807) is 12.1 Å². The molecule has 2 heteroatoms. The fourth-order valence-corrected chi connectivity index (χ4v) is 3.64. The monoisotopic (exact) mass is 378 g/mol. The van der Waals surface area contributed by atoms with E-state index in [0.29, 0.717) is 23.5 Å². The van der Waals surface area contributed by atoms with Crippen LogP contribution < -0.4 is 0 Å². The third-order valence-electron chi connectivity index (χ3n) is 5.40. The van der Waals surface area contributed by atoms with Crippen LogP contribution in [-0.2, 0) is 0 Å². The van der Waals surface area contributed by atoms with Gasteiger partial charge in [0.2, 0.25) is 0 Å². The zero-order chi connectivity index (χ0) is 19.9. The van der Waals surface area contributed by atoms with Gasteiger partial charge in [0.25, 0.3) is 0 Å². The van der Waals surface area contributed by atoms with E-state index in [4.69, 9.17) is 0 Å². The van der Waals surface area contributed by atoms with E-state index in [0.717, 1.165) is 36.8 Å². The van der Waals surface area contributed by atoms with Crippen LogP contribution in [0.3, 0.4) is 0 Å². The molecule has 0 radical (unpaired) electrons. The Kier molecular flexibility index (Phi) is 6.97. The van der Waals surface area contributed by atoms with Crippen molar-refractivity contribution in [1.82, 2.24) is 0 Å². The number of aryl methyl sites for hydroxylation is 1. The summed E-state index contributed by atoms with van der Waals surface area (Å²) in [6.45, 7) is 4.22. The second kappa shape index (κ2) is 9.64. The third kappa shape index (κ3) is 5.28. The van der Waals surface area contributed by atoms with Gasteiger partial charge in [-0.3, -0.25) is 0 Å². The molecular formula is C26H28F2. The fourth-order valence-electron chi connectivity index (χ4n) is 3.64. The summed E-state index contributed by atoms with van der Waals surface area (Å²) in [6, 6.07) is 15.2. The molecule has 2 aromatic carbocycles. The van der Waals surface area contributed by atoms with E-state index >= 15 is 0 Å². The average Bonchev–Trinajstić information content (AvgIpc) is 2.73. The highest BCUT2D eigenvalue weighted by atomic mass is 19.2. The molecule has 1 atom stereocenters. The van der Waals surface area contributed by atoms with E-state index in [9.17, 15) is 8.78 Å². The van der Waals surface area contributed by atoms with Gasteiger partial charge in [-0.05, 0) is 48.8 Å². The van der Waals surface area contributed by atoms with Crippen molar-refractivity contribution >= 4 is 18.0 Å². The SMILES string of the molecule is CCCC1CC=C(C(F)=C(F)c2ccc(/C=C/c3ccc(C)cc3)cc2)CC1. The molecule has 0 spiro atoms. The van der Waals surface area contributed by atoms with Crippen molar-refractivity contribution in [3.8, 4) is 0 Å². The fraction of sp³-hybridized carbons (Fsp3) is 0.308. The Morgan fingerprint density at radius 1 is 0.929 bits per heavy atom. The summed E-state index contributed by atoms with van der Waals surface area (Å²) < 4.78 is 29.2. The van der Waals surface area contributed by atoms with Crippen molar-refractivity contribution in [3.63, 3.8) is 0 Å². The normalized spacial score (nSPS) is 18.1. The minimum absolute atomic E-state index is 0.293. The van der Waals surface area contributed by atoms with Crippen LogP contribution in [0.15, 0.2) is 66.0 Å². The first-order chi connectivity index (χ1) is 13.6. The number of allylic oxidation sites excluding steroid dienone is 3. The van der Waals surface area contributed by atoms with Gasteiger partial charge in [-0.15, -0.1) is 0 Å². The Morgan fingerprint density at radius 2 is 1.54 bits per heavy atom. The topological polar surface area (TPSA) is 0 Å². The zero-order valence-corrected chi connectivity index (χ0v) is 16.7. The summed E-state index contributed by atoms with van der Waals surface area (Å²) in [7, 11) is 0. The molecule has 0 bridgehead atoms. The van der Waals surface area contributed by atoms with Crippen LogP contribution >= 0.6 is 0 Å². The third-order valence-corrected chi connectivity index (χ3v) is 5.40. The van der Waals surface area contributed by atoms with Gasteiger partial charge in [-0.2, -0.15) is 0 Å². The Morgan fingerprint density at radius 3 is 2.07 bits per heavy atom. The van der Waals surface area contributed by atoms with Crippen molar-refractivity contribution in [1.29, 1.82) is 0 Å². The maximum Gasteiger partial charge on any atom is 0.166 e. The Hall–Kier alpha value is -2.48. The highest BCUT2D eigenvalue weighted by Crippen LogP contribution is 2.35. The first kappa shape index (κ1) is 20.3. The van der Waals surface area contributed by atoms with Crippen LogP contribution in [0.25, 0.3) is 18.0 Å². The van der Waals surface area contributed by atoms with Gasteiger partial charge in [-0.25, -0.2) is 8.78 Å². The van der Waals surface area contributed by atoms with Gasteiger partial charge < -0.3 is 0 Å². The van der Waals surface area contributed by atoms with Gasteiger partial charge in [-0.1, -0.05) is 92.1 Å². The minimum Gasteiger partial charge on any atom is -0.203 e. The molecule has 0 fully saturated rings. The summed E-state index contributed by atoms with van der Waals surface area (Å²) in [6.07, 6.45) is 10.6. The van der Waals surface area contributed by atoms with E-state index in [1.807, 2.05) is 30.4 Å². The molecule has 2 aromatic rings. The summed E-state index contributed by atoms with van der Waals surface area (Å²) in [5.41, 5.74) is 4.10. The van der Waals surface area contributed by atoms with E-state index in [1.165, 1.54) is 5.56 Å². The van der Waals surface area contributed by atoms with Crippen molar-refractivity contribution < 1.29 is 8.78 Å². The smallest absolute Gasteiger partial charge is 0.166 e. The lowest BCUT2D eigenvalue weighted by atomic mass is 9.86. The molecule has 0 saturated heterocycles. The second-order valence-corrected chi connectivity index (χ2v) is 7.65. The highest BCUT2D eigenvalue weighted by Gasteiger charge is 2.19. The van der Waals surface area contributed by atoms with E-state index in [-0.39, 0.29) is 0 Å². The maximum atomic E-state index is 14.6. The maximum absolute atomic E-state index is 14.6. The number of hydrogen-bond donors (Lipinski definition) is 0. The number of halogens is 2. The predicted molar refractivity (Wildman–Crippen MR) is 116 cm³/mol. The molecule has 0 nitrogen and oxygen atoms in total. The molecule has 1 unspecified atom stereocenters. The lowest BCUT2D eigenvalue weighted by molar-refractivity contribution is 0.427. The van der Waals surface area contributed by atoms with Crippen molar-refractivity contribution in [3.05, 3.63) is 88.3 Å². The van der Waals surface area contributed by atoms with Gasteiger partial charge in [0, 0.05) is 5.56 Å². The molecule has 28 heavy (non-hydrogen) atoms. The molecule has 0 N–H and O–H groups in total. The summed E-state index contributed by atoms with van der Waals surface area (Å²) in [5.74, 6) is -0.837. The summed E-state index contributed by atoms with van der Waals surface area (Å²) >= 11 is 0. The van der Waals surface area contributed by atoms with Crippen molar-refractivity contribution in [2.45, 2.75) is 46.0 Å². The molecular weight excluding hydrogens is 350 g/mol. The molecule has 0 amide bonds. The Balaban J connectivity index is 1.69.